The SMILES string of the molecule is C=CCn1c(=O)/c(=C2\C=C(C)OC(C=Cc3ccc(N(C)CCOC)cc3)=C2)s/c1=C1/C(=O)c2ccccc2C1c1ccccc1.CC1=C/C(=C2\C(=O)ON=C2c2ccccc2)C=C(/C=C(/C)c2ccc(N3CCCC3=O)cc2)O1.CCN(C)c1ccc(C=CC2=CC(=C3C(=O)c4c(F)c(F)c(F)c(F)c4C3=O)C=C(C)O2)c(Cl)c1. The second-order valence-electron chi connectivity index (χ2n) is 27.7. The third-order valence-corrected chi connectivity index (χ3v) is 21.5. The van der Waals surface area contributed by atoms with Gasteiger partial charge in [0, 0.05) is 104 Å². The molecule has 8 aromatic rings. The summed E-state index contributed by atoms with van der Waals surface area (Å²) < 4.78 is 81.5. The zero-order valence-corrected chi connectivity index (χ0v) is 65.7. The second kappa shape index (κ2) is 35.1. The average molecular weight is 1590 g/mol. The molecule has 1 aromatic heterocycles. The van der Waals surface area contributed by atoms with Crippen LogP contribution in [0.4, 0.5) is 34.6 Å². The van der Waals surface area contributed by atoms with Crippen LogP contribution in [0.2, 0.25) is 5.02 Å². The van der Waals surface area contributed by atoms with Crippen molar-refractivity contribution in [3.8, 4) is 0 Å². The highest BCUT2D eigenvalue weighted by Crippen LogP contribution is 2.43. The number of ether oxygens (including phenoxy) is 4. The first kappa shape index (κ1) is 80.2. The zero-order chi connectivity index (χ0) is 81.5. The van der Waals surface area contributed by atoms with E-state index in [1.165, 1.54) is 23.5 Å². The Morgan fingerprint density at radius 1 is 0.652 bits per heavy atom. The van der Waals surface area contributed by atoms with Crippen LogP contribution in [0.15, 0.2) is 286 Å². The molecule has 0 radical (unpaired) electrons. The van der Waals surface area contributed by atoms with Crippen molar-refractivity contribution < 1.29 is 65.3 Å². The second-order valence-corrected chi connectivity index (χ2v) is 29.1. The molecular weight excluding hydrogens is 1510 g/mol. The molecule has 582 valence electrons. The van der Waals surface area contributed by atoms with Gasteiger partial charge in [0.15, 0.2) is 29.1 Å². The number of hydrogen-bond donors (Lipinski definition) is 0. The molecular formula is C93H78ClF4N5O11S. The number of hydrogen-bond acceptors (Lipinski definition) is 15. The molecule has 2 aliphatic carbocycles. The van der Waals surface area contributed by atoms with E-state index in [2.05, 4.69) is 40.9 Å². The van der Waals surface area contributed by atoms with Gasteiger partial charge in [-0.3, -0.25) is 28.5 Å². The number of halogens is 5. The van der Waals surface area contributed by atoms with Crippen molar-refractivity contribution in [2.45, 2.75) is 59.9 Å². The van der Waals surface area contributed by atoms with Crippen LogP contribution >= 0.6 is 22.9 Å². The smallest absolute Gasteiger partial charge is 0.368 e. The van der Waals surface area contributed by atoms with Crippen LogP contribution in [-0.2, 0) is 39.9 Å². The van der Waals surface area contributed by atoms with Crippen LogP contribution in [0.25, 0.3) is 28.9 Å². The van der Waals surface area contributed by atoms with Gasteiger partial charge in [-0.15, -0.1) is 17.9 Å². The van der Waals surface area contributed by atoms with E-state index in [0.29, 0.717) is 90.4 Å². The number of ketones is 3. The molecule has 22 heteroatoms. The topological polar surface area (TPSA) is 176 Å². The summed E-state index contributed by atoms with van der Waals surface area (Å²) in [4.78, 5) is 89.2. The number of allylic oxidation sites excluding steroid dienone is 17. The number of likely N-dealkylation sites (N-methyl/N-ethyl adjacent to an activating group) is 1. The zero-order valence-electron chi connectivity index (χ0n) is 64.1. The van der Waals surface area contributed by atoms with E-state index < -0.39 is 57.5 Å². The van der Waals surface area contributed by atoms with Crippen LogP contribution in [-0.4, -0.2) is 87.0 Å². The van der Waals surface area contributed by atoms with Gasteiger partial charge in [0.25, 0.3) is 5.56 Å². The number of thiazole rings is 1. The summed E-state index contributed by atoms with van der Waals surface area (Å²) in [6, 6.07) is 49.0. The fourth-order valence-corrected chi connectivity index (χ4v) is 15.5. The number of nitrogens with zero attached hydrogens (tertiary/aromatic N) is 5. The van der Waals surface area contributed by atoms with Crippen LogP contribution in [0.5, 0.6) is 0 Å². The summed E-state index contributed by atoms with van der Waals surface area (Å²) in [5, 5.41) is 4.49. The Morgan fingerprint density at radius 2 is 1.23 bits per heavy atom. The Morgan fingerprint density at radius 3 is 1.85 bits per heavy atom. The lowest BCUT2D eigenvalue weighted by Crippen LogP contribution is -2.33. The number of carbonyl (C=O) groups excluding carboxylic acids is 5. The van der Waals surface area contributed by atoms with Crippen molar-refractivity contribution in [2.75, 3.05) is 62.1 Å². The van der Waals surface area contributed by atoms with E-state index in [4.69, 9.17) is 35.4 Å². The van der Waals surface area contributed by atoms with E-state index in [9.17, 15) is 46.3 Å². The Labute approximate surface area is 670 Å². The summed E-state index contributed by atoms with van der Waals surface area (Å²) in [5.41, 5.74) is 10.1. The molecule has 5 aliphatic heterocycles. The van der Waals surface area contributed by atoms with Gasteiger partial charge in [-0.2, -0.15) is 0 Å². The van der Waals surface area contributed by atoms with Crippen molar-refractivity contribution in [2.24, 2.45) is 5.16 Å². The number of amides is 1. The van der Waals surface area contributed by atoms with Crippen molar-refractivity contribution in [1.29, 1.82) is 0 Å². The van der Waals surface area contributed by atoms with Gasteiger partial charge in [0.05, 0.1) is 28.9 Å². The third-order valence-electron chi connectivity index (χ3n) is 19.9. The predicted octanol–water partition coefficient (Wildman–Crippen LogP) is 17.9. The number of methoxy groups -OCH3 is 1. The molecule has 1 atom stereocenters. The van der Waals surface area contributed by atoms with Gasteiger partial charge in [-0.05, 0) is 183 Å². The fraction of sp³-hybridized carbons (Fsp3) is 0.172. The number of aromatic nitrogens is 1. The van der Waals surface area contributed by atoms with E-state index in [1.807, 2.05) is 209 Å². The molecule has 1 unspecified atom stereocenters. The molecule has 1 fully saturated rings. The standard InChI is InChI=1S/C39H36N2O4S.C28H24N2O4.C26H18ClF4NO3/c1-5-21-41-38(43)37(46-39(41)35-34(28-11-7-6-8-12-28)32-13-9-10-14-33(32)36(35)42)29-24-26(2)45-31(25-29)20-17-27-15-18-30(19-16-27)40(3)22-23-44-4;1-18(20-10-12-23(13-11-20)30-14-6-9-25(30)31)15-24-17-22(16-19(2)33-24)26-27(29-34-28(26)32)21-7-4-3-5-8-21;1-4-32(3)15-7-5-13(17(27)11-15)6-8-16-10-14(9-12(2)35-16)18-25(33)19-20(26(18)34)22(29)24(31)23(30)21(19)28/h5-20,24-25,34H,1,21-23H2,2-4H3;3-5,7-8,10-13,15-17H,6,9,14H2,1-2H3;5-11H,4H2,1-3H3/b20-17?,37-29-,39-35+;18-15-,26-22+;. The maximum Gasteiger partial charge on any atom is 0.368 e. The van der Waals surface area contributed by atoms with E-state index in [1.54, 1.807) is 49.0 Å². The van der Waals surface area contributed by atoms with E-state index >= 15 is 0 Å². The number of Topliss-reactive ketones (excluding diaryl/α,β-unsaturated/α-hetero) is 3. The Kier molecular flexibility index (Phi) is 24.5. The van der Waals surface area contributed by atoms with Crippen molar-refractivity contribution in [3.63, 3.8) is 0 Å². The summed E-state index contributed by atoms with van der Waals surface area (Å²) in [7, 11) is 5.67. The number of fused-ring (bicyclic) bond motifs is 2. The predicted molar refractivity (Wildman–Crippen MR) is 442 cm³/mol. The van der Waals surface area contributed by atoms with Gasteiger partial charge in [0.2, 0.25) is 17.5 Å². The van der Waals surface area contributed by atoms with Gasteiger partial charge in [-0.1, -0.05) is 144 Å². The van der Waals surface area contributed by atoms with Gasteiger partial charge < -0.3 is 38.5 Å². The quantitative estimate of drug-likeness (QED) is 0.0160. The molecule has 0 saturated carbocycles. The Balaban J connectivity index is 0.000000153. The number of benzene rings is 7. The van der Waals surface area contributed by atoms with E-state index in [-0.39, 0.29) is 40.3 Å². The summed E-state index contributed by atoms with van der Waals surface area (Å²) in [5.74, 6) is -8.16. The fourth-order valence-electron chi connectivity index (χ4n) is 14.1. The highest BCUT2D eigenvalue weighted by molar-refractivity contribution is 7.07. The normalized spacial score (nSPS) is 18.1. The molecule has 0 N–H and O–H groups in total. The molecule has 1 amide bonds. The number of anilines is 3. The maximum atomic E-state index is 14.2. The molecule has 6 heterocycles. The number of carbonyl (C=O) groups is 5. The molecule has 115 heavy (non-hydrogen) atoms. The van der Waals surface area contributed by atoms with Crippen molar-refractivity contribution in [3.05, 3.63) is 374 Å². The maximum absolute atomic E-state index is 14.2. The molecule has 1 saturated heterocycles. The first-order valence-electron chi connectivity index (χ1n) is 37.0. The lowest BCUT2D eigenvalue weighted by Gasteiger charge is -2.18. The average Bonchev–Trinajstić information content (AvgIpc) is 1.61. The highest BCUT2D eigenvalue weighted by atomic mass is 35.5. The monoisotopic (exact) mass is 1580 g/mol. The van der Waals surface area contributed by atoms with Crippen LogP contribution in [0, 0.1) is 23.3 Å². The molecule has 15 rings (SSSR count). The number of oxime groups is 1. The molecule has 7 aromatic carbocycles. The largest absolute Gasteiger partial charge is 0.462 e. The summed E-state index contributed by atoms with van der Waals surface area (Å²) in [6.45, 7) is 16.5. The van der Waals surface area contributed by atoms with Crippen LogP contribution < -0.4 is 29.5 Å². The molecule has 16 nitrogen and oxygen atoms in total. The van der Waals surface area contributed by atoms with Gasteiger partial charge >= 0.3 is 5.97 Å². The molecule has 7 aliphatic rings. The minimum atomic E-state index is -2.15. The highest BCUT2D eigenvalue weighted by Gasteiger charge is 2.44. The van der Waals surface area contributed by atoms with Crippen molar-refractivity contribution in [1.82, 2.24) is 4.57 Å². The minimum Gasteiger partial charge on any atom is -0.462 e. The molecule has 0 bridgehead atoms. The van der Waals surface area contributed by atoms with Crippen molar-refractivity contribution >= 4 is 104 Å². The summed E-state index contributed by atoms with van der Waals surface area (Å²) >= 11 is 7.73. The van der Waals surface area contributed by atoms with Gasteiger partial charge in [-0.25, -0.2) is 22.4 Å². The number of rotatable bonds is 17. The van der Waals surface area contributed by atoms with E-state index in [0.717, 1.165) is 82.1 Å². The first-order chi connectivity index (χ1) is 55.4. The molecule has 0 spiro atoms. The summed E-state index contributed by atoms with van der Waals surface area (Å²) in [6.07, 6.45) is 22.3. The lowest BCUT2D eigenvalue weighted by molar-refractivity contribution is -0.136. The first-order valence-corrected chi connectivity index (χ1v) is 38.2. The lowest BCUT2D eigenvalue weighted by atomic mass is 9.90. The van der Waals surface area contributed by atoms with Gasteiger partial charge in [0.1, 0.15) is 49.5 Å². The third kappa shape index (κ3) is 17.1. The Bertz CT molecular complexity index is 5890. The van der Waals surface area contributed by atoms with Crippen LogP contribution in [0.3, 0.4) is 0 Å². The minimum absolute atomic E-state index is 0.00904. The Hall–Kier alpha value is -12.8. The van der Waals surface area contributed by atoms with Crippen LogP contribution in [0.1, 0.15) is 118 Å².